The molecule has 8 nitrogen and oxygen atoms in total. The Hall–Kier alpha value is -4.14. The molecule has 0 atom stereocenters. The summed E-state index contributed by atoms with van der Waals surface area (Å²) in [6.45, 7) is 4.09. The van der Waals surface area contributed by atoms with Gasteiger partial charge in [-0.15, -0.1) is 0 Å². The zero-order valence-corrected chi connectivity index (χ0v) is 22.7. The number of nitrogens with zero attached hydrogens (tertiary/aromatic N) is 4. The first-order valence-corrected chi connectivity index (χ1v) is 13.2. The Morgan fingerprint density at radius 3 is 2.33 bits per heavy atom. The van der Waals surface area contributed by atoms with Gasteiger partial charge < -0.3 is 20.4 Å². The van der Waals surface area contributed by atoms with Crippen LogP contribution in [0.1, 0.15) is 17.3 Å². The van der Waals surface area contributed by atoms with E-state index in [4.69, 9.17) is 23.2 Å². The number of amides is 2. The fraction of sp³-hybridized carbons (Fsp3) is 0.172. The van der Waals surface area contributed by atoms with Crippen LogP contribution >= 0.6 is 23.2 Å². The van der Waals surface area contributed by atoms with Crippen LogP contribution in [0.15, 0.2) is 79.0 Å². The summed E-state index contributed by atoms with van der Waals surface area (Å²) >= 11 is 12.1. The Balaban J connectivity index is 1.22. The molecule has 0 saturated carbocycles. The molecule has 198 valence electrons. The Morgan fingerprint density at radius 2 is 1.62 bits per heavy atom. The van der Waals surface area contributed by atoms with Crippen molar-refractivity contribution in [2.24, 2.45) is 0 Å². The monoisotopic (exact) mass is 560 g/mol. The van der Waals surface area contributed by atoms with E-state index in [-0.39, 0.29) is 11.8 Å². The molecular weight excluding hydrogens is 535 g/mol. The maximum absolute atomic E-state index is 12.9. The molecule has 2 N–H and O–H groups in total. The number of rotatable bonds is 6. The summed E-state index contributed by atoms with van der Waals surface area (Å²) in [6, 6.07) is 22.4. The van der Waals surface area contributed by atoms with Crippen LogP contribution in [0.4, 0.5) is 23.0 Å². The number of benzene rings is 3. The van der Waals surface area contributed by atoms with Crippen LogP contribution in [0.5, 0.6) is 0 Å². The van der Waals surface area contributed by atoms with Crippen molar-refractivity contribution in [1.82, 2.24) is 14.9 Å². The van der Waals surface area contributed by atoms with Crippen LogP contribution in [-0.2, 0) is 4.79 Å². The Kier molecular flexibility index (Phi) is 7.95. The van der Waals surface area contributed by atoms with Gasteiger partial charge in [0, 0.05) is 67.5 Å². The number of piperazine rings is 1. The van der Waals surface area contributed by atoms with Crippen LogP contribution in [0, 0.1) is 0 Å². The second kappa shape index (κ2) is 11.7. The van der Waals surface area contributed by atoms with E-state index in [1.807, 2.05) is 47.4 Å². The normalized spacial score (nSPS) is 13.2. The van der Waals surface area contributed by atoms with Gasteiger partial charge in [0.25, 0.3) is 5.91 Å². The standard InChI is InChI=1S/C29H26Cl2N6O2/c1-19(38)33-22-8-5-20(6-9-22)27-11-12-32-29(35-27)34-23-3-2-4-24(18-23)36-13-15-37(16-14-36)28(39)21-7-10-25(30)26(31)17-21/h2-12,17-18H,13-16H2,1H3,(H,33,38)(H,32,34,35). The molecule has 1 saturated heterocycles. The third kappa shape index (κ3) is 6.47. The largest absolute Gasteiger partial charge is 0.368 e. The molecule has 1 fully saturated rings. The Bertz CT molecular complexity index is 1500. The van der Waals surface area contributed by atoms with Crippen LogP contribution < -0.4 is 15.5 Å². The fourth-order valence-electron chi connectivity index (χ4n) is 4.40. The lowest BCUT2D eigenvalue weighted by atomic mass is 10.1. The van der Waals surface area contributed by atoms with Crippen molar-refractivity contribution >= 4 is 58.0 Å². The van der Waals surface area contributed by atoms with Gasteiger partial charge in [-0.25, -0.2) is 9.97 Å². The Labute approximate surface area is 236 Å². The quantitative estimate of drug-likeness (QED) is 0.295. The topological polar surface area (TPSA) is 90.5 Å². The number of carbonyl (C=O) groups is 2. The van der Waals surface area contributed by atoms with Crippen LogP contribution in [0.25, 0.3) is 11.3 Å². The van der Waals surface area contributed by atoms with Crippen LogP contribution in [-0.4, -0.2) is 52.9 Å². The van der Waals surface area contributed by atoms with E-state index in [1.54, 1.807) is 24.4 Å². The molecule has 2 heterocycles. The van der Waals surface area contributed by atoms with E-state index in [0.717, 1.165) is 28.3 Å². The minimum atomic E-state index is -0.114. The molecule has 0 unspecified atom stereocenters. The lowest BCUT2D eigenvalue weighted by Gasteiger charge is -2.36. The molecule has 5 rings (SSSR count). The molecule has 0 bridgehead atoms. The average Bonchev–Trinajstić information content (AvgIpc) is 2.95. The zero-order chi connectivity index (χ0) is 27.4. The van der Waals surface area contributed by atoms with Crippen molar-refractivity contribution in [3.63, 3.8) is 0 Å². The number of carbonyl (C=O) groups excluding carboxylic acids is 2. The van der Waals surface area contributed by atoms with E-state index >= 15 is 0 Å². The molecule has 4 aromatic rings. The smallest absolute Gasteiger partial charge is 0.254 e. The summed E-state index contributed by atoms with van der Waals surface area (Å²) < 4.78 is 0. The number of aromatic nitrogens is 2. The molecule has 1 aromatic heterocycles. The van der Waals surface area contributed by atoms with Crippen LogP contribution in [0.2, 0.25) is 10.0 Å². The van der Waals surface area contributed by atoms with Gasteiger partial charge in [-0.3, -0.25) is 9.59 Å². The third-order valence-corrected chi connectivity index (χ3v) is 7.10. The van der Waals surface area contributed by atoms with Crippen LogP contribution in [0.3, 0.4) is 0 Å². The summed E-state index contributed by atoms with van der Waals surface area (Å²) in [5.74, 6) is 0.315. The van der Waals surface area contributed by atoms with Crippen molar-refractivity contribution < 1.29 is 9.59 Å². The van der Waals surface area contributed by atoms with E-state index < -0.39 is 0 Å². The van der Waals surface area contributed by atoms with Gasteiger partial charge in [0.2, 0.25) is 11.9 Å². The highest BCUT2D eigenvalue weighted by atomic mass is 35.5. The first-order chi connectivity index (χ1) is 18.9. The van der Waals surface area contributed by atoms with E-state index in [1.165, 1.54) is 6.92 Å². The molecule has 0 radical (unpaired) electrons. The number of hydrogen-bond acceptors (Lipinski definition) is 6. The zero-order valence-electron chi connectivity index (χ0n) is 21.2. The minimum Gasteiger partial charge on any atom is -0.368 e. The molecule has 2 amide bonds. The van der Waals surface area contributed by atoms with Crippen molar-refractivity contribution in [3.05, 3.63) is 94.6 Å². The molecule has 1 aliphatic heterocycles. The highest BCUT2D eigenvalue weighted by molar-refractivity contribution is 6.42. The van der Waals surface area contributed by atoms with Crippen molar-refractivity contribution in [2.75, 3.05) is 41.7 Å². The lowest BCUT2D eigenvalue weighted by Crippen LogP contribution is -2.48. The average molecular weight is 561 g/mol. The maximum atomic E-state index is 12.9. The minimum absolute atomic E-state index is 0.0505. The molecular formula is C29H26Cl2N6O2. The molecule has 3 aromatic carbocycles. The summed E-state index contributed by atoms with van der Waals surface area (Å²) in [5.41, 5.74) is 4.86. The van der Waals surface area contributed by atoms with Gasteiger partial charge in [-0.2, -0.15) is 0 Å². The molecule has 0 aliphatic carbocycles. The number of nitrogens with one attached hydrogen (secondary N) is 2. The first kappa shape index (κ1) is 26.5. The molecule has 39 heavy (non-hydrogen) atoms. The highest BCUT2D eigenvalue weighted by Gasteiger charge is 2.23. The van der Waals surface area contributed by atoms with Gasteiger partial charge in [0.05, 0.1) is 15.7 Å². The predicted molar refractivity (Wildman–Crippen MR) is 156 cm³/mol. The van der Waals surface area contributed by atoms with Gasteiger partial charge in [-0.05, 0) is 54.6 Å². The SMILES string of the molecule is CC(=O)Nc1ccc(-c2ccnc(Nc3cccc(N4CCN(C(=O)c5ccc(Cl)c(Cl)c5)CC4)c3)n2)cc1. The number of anilines is 4. The predicted octanol–water partition coefficient (Wildman–Crippen LogP) is 6.11. The fourth-order valence-corrected chi connectivity index (χ4v) is 4.69. The summed E-state index contributed by atoms with van der Waals surface area (Å²) in [4.78, 5) is 37.3. The summed E-state index contributed by atoms with van der Waals surface area (Å²) in [6.07, 6.45) is 1.71. The van der Waals surface area contributed by atoms with Crippen molar-refractivity contribution in [3.8, 4) is 11.3 Å². The first-order valence-electron chi connectivity index (χ1n) is 12.4. The maximum Gasteiger partial charge on any atom is 0.254 e. The Morgan fingerprint density at radius 1 is 0.846 bits per heavy atom. The molecule has 1 aliphatic rings. The summed E-state index contributed by atoms with van der Waals surface area (Å²) in [7, 11) is 0. The van der Waals surface area contributed by atoms with Gasteiger partial charge >= 0.3 is 0 Å². The highest BCUT2D eigenvalue weighted by Crippen LogP contribution is 2.26. The second-order valence-corrected chi connectivity index (χ2v) is 9.92. The van der Waals surface area contributed by atoms with Crippen molar-refractivity contribution in [2.45, 2.75) is 6.92 Å². The van der Waals surface area contributed by atoms with E-state index in [0.29, 0.717) is 47.7 Å². The third-order valence-electron chi connectivity index (χ3n) is 6.36. The van der Waals surface area contributed by atoms with E-state index in [2.05, 4.69) is 37.6 Å². The van der Waals surface area contributed by atoms with Gasteiger partial charge in [-0.1, -0.05) is 41.4 Å². The van der Waals surface area contributed by atoms with Crippen molar-refractivity contribution in [1.29, 1.82) is 0 Å². The van der Waals surface area contributed by atoms with E-state index in [9.17, 15) is 9.59 Å². The number of hydrogen-bond donors (Lipinski definition) is 2. The van der Waals surface area contributed by atoms with Gasteiger partial charge in [0.1, 0.15) is 0 Å². The number of halogens is 2. The van der Waals surface area contributed by atoms with Gasteiger partial charge in [0.15, 0.2) is 0 Å². The summed E-state index contributed by atoms with van der Waals surface area (Å²) in [5, 5.41) is 6.86. The lowest BCUT2D eigenvalue weighted by molar-refractivity contribution is -0.114. The molecule has 0 spiro atoms. The second-order valence-electron chi connectivity index (χ2n) is 9.11. The molecule has 10 heteroatoms.